The van der Waals surface area contributed by atoms with Crippen molar-refractivity contribution in [2.45, 2.75) is 50.8 Å². The van der Waals surface area contributed by atoms with Gasteiger partial charge in [-0.3, -0.25) is 14.7 Å². The van der Waals surface area contributed by atoms with Gasteiger partial charge in [0.05, 0.1) is 12.1 Å². The van der Waals surface area contributed by atoms with Gasteiger partial charge in [0.15, 0.2) is 0 Å². The Bertz CT molecular complexity index is 845. The van der Waals surface area contributed by atoms with Crippen LogP contribution in [-0.4, -0.2) is 66.2 Å². The number of nitrogens with zero attached hydrogens (tertiary/aromatic N) is 3. The van der Waals surface area contributed by atoms with Gasteiger partial charge in [-0.25, -0.2) is 0 Å². The molecule has 2 bridgehead atoms. The van der Waals surface area contributed by atoms with Crippen molar-refractivity contribution in [3.8, 4) is 5.75 Å². The van der Waals surface area contributed by atoms with Crippen LogP contribution in [0.5, 0.6) is 5.75 Å². The molecule has 1 fully saturated rings. The van der Waals surface area contributed by atoms with Crippen molar-refractivity contribution in [2.24, 2.45) is 0 Å². The minimum atomic E-state index is 0.0902. The fourth-order valence-corrected chi connectivity index (χ4v) is 4.78. The number of hydrogen-bond acceptors (Lipinski definition) is 5. The molecular formula is C25H33N3O3. The van der Waals surface area contributed by atoms with Gasteiger partial charge >= 0.3 is 0 Å². The molecule has 6 heteroatoms. The molecule has 2 aliphatic heterocycles. The molecule has 4 rings (SSSR count). The van der Waals surface area contributed by atoms with Crippen LogP contribution in [0, 0.1) is 0 Å². The quantitative estimate of drug-likeness (QED) is 0.752. The van der Waals surface area contributed by atoms with E-state index >= 15 is 0 Å². The number of carbonyl (C=O) groups excluding carboxylic acids is 1. The summed E-state index contributed by atoms with van der Waals surface area (Å²) in [7, 11) is 1.77. The lowest BCUT2D eigenvalue weighted by Gasteiger charge is -2.41. The third-order valence-corrected chi connectivity index (χ3v) is 6.39. The maximum absolute atomic E-state index is 13.3. The third kappa shape index (κ3) is 5.63. The second-order valence-corrected chi connectivity index (χ2v) is 8.49. The van der Waals surface area contributed by atoms with Crippen molar-refractivity contribution in [1.82, 2.24) is 14.8 Å². The van der Waals surface area contributed by atoms with Gasteiger partial charge in [0.1, 0.15) is 12.4 Å². The fraction of sp³-hybridized carbons (Fsp3) is 0.520. The molecular weight excluding hydrogens is 390 g/mol. The first-order chi connectivity index (χ1) is 15.2. The zero-order chi connectivity index (χ0) is 21.5. The normalized spacial score (nSPS) is 23.5. The molecule has 0 aliphatic carbocycles. The third-order valence-electron chi connectivity index (χ3n) is 6.39. The molecule has 0 spiro atoms. The number of pyridine rings is 1. The Labute approximate surface area is 185 Å². The molecule has 2 atom stereocenters. The monoisotopic (exact) mass is 423 g/mol. The number of aromatic nitrogens is 1. The Kier molecular flexibility index (Phi) is 7.54. The highest BCUT2D eigenvalue weighted by atomic mass is 16.5. The molecule has 0 N–H and O–H groups in total. The van der Waals surface area contributed by atoms with Crippen molar-refractivity contribution in [3.63, 3.8) is 0 Å². The summed E-state index contributed by atoms with van der Waals surface area (Å²) in [6.07, 6.45) is 8.98. The molecule has 1 aromatic heterocycles. The van der Waals surface area contributed by atoms with Crippen molar-refractivity contribution in [3.05, 3.63) is 59.9 Å². The maximum Gasteiger partial charge on any atom is 0.254 e. The molecule has 1 amide bonds. The van der Waals surface area contributed by atoms with Gasteiger partial charge in [-0.15, -0.1) is 0 Å². The van der Waals surface area contributed by atoms with Crippen molar-refractivity contribution < 1.29 is 14.3 Å². The summed E-state index contributed by atoms with van der Waals surface area (Å²) in [6, 6.07) is 11.9. The van der Waals surface area contributed by atoms with E-state index < -0.39 is 0 Å². The van der Waals surface area contributed by atoms with Crippen molar-refractivity contribution in [1.29, 1.82) is 0 Å². The molecule has 0 unspecified atom stereocenters. The molecule has 0 radical (unpaired) electrons. The number of rotatable bonds is 3. The lowest BCUT2D eigenvalue weighted by molar-refractivity contribution is -0.0156. The molecule has 1 saturated heterocycles. The summed E-state index contributed by atoms with van der Waals surface area (Å²) in [5.41, 5.74) is 1.91. The summed E-state index contributed by atoms with van der Waals surface area (Å²) in [5, 5.41) is 0. The lowest BCUT2D eigenvalue weighted by Crippen LogP contribution is -2.51. The minimum Gasteiger partial charge on any atom is -0.492 e. The van der Waals surface area contributed by atoms with E-state index in [0.717, 1.165) is 64.0 Å². The summed E-state index contributed by atoms with van der Waals surface area (Å²) in [6.45, 7) is 4.09. The predicted octanol–water partition coefficient (Wildman–Crippen LogP) is 3.77. The van der Waals surface area contributed by atoms with Gasteiger partial charge in [-0.1, -0.05) is 18.6 Å². The molecule has 6 nitrogen and oxygen atoms in total. The van der Waals surface area contributed by atoms with Crippen LogP contribution < -0.4 is 4.74 Å². The Morgan fingerprint density at radius 1 is 1.10 bits per heavy atom. The summed E-state index contributed by atoms with van der Waals surface area (Å²) >= 11 is 0. The number of hydrogen-bond donors (Lipinski definition) is 0. The number of ether oxygens (including phenoxy) is 2. The number of amides is 1. The standard InChI is InChI=1S/C25H33N3O3/c1-30-24-11-6-14-28-23(24)10-2-3-13-27(19-20-7-5-12-26-18-20)15-16-31-22-9-4-8-21(17-22)25(28)29/h4-5,7-9,12,17-18,23-24H,2-3,6,10-11,13-16,19H2,1H3/t23-,24-/m0/s1. The number of benzene rings is 1. The van der Waals surface area contributed by atoms with Crippen molar-refractivity contribution in [2.75, 3.05) is 33.4 Å². The largest absolute Gasteiger partial charge is 0.492 e. The zero-order valence-electron chi connectivity index (χ0n) is 18.4. The highest BCUT2D eigenvalue weighted by Crippen LogP contribution is 2.27. The number of fused-ring (bicyclic) bond motifs is 3. The van der Waals surface area contributed by atoms with Gasteiger partial charge < -0.3 is 14.4 Å². The van der Waals surface area contributed by atoms with E-state index in [9.17, 15) is 4.79 Å². The fourth-order valence-electron chi connectivity index (χ4n) is 4.78. The molecule has 166 valence electrons. The van der Waals surface area contributed by atoms with Crippen LogP contribution >= 0.6 is 0 Å². The average Bonchev–Trinajstić information content (AvgIpc) is 2.81. The highest BCUT2D eigenvalue weighted by molar-refractivity contribution is 5.95. The van der Waals surface area contributed by atoms with Crippen LogP contribution in [0.4, 0.5) is 0 Å². The predicted molar refractivity (Wildman–Crippen MR) is 120 cm³/mol. The molecule has 0 saturated carbocycles. The molecule has 2 aliphatic rings. The second-order valence-electron chi connectivity index (χ2n) is 8.49. The number of carbonyl (C=O) groups is 1. The Hall–Kier alpha value is -2.44. The molecule has 1 aromatic carbocycles. The van der Waals surface area contributed by atoms with Crippen LogP contribution in [0.2, 0.25) is 0 Å². The second kappa shape index (κ2) is 10.7. The first kappa shape index (κ1) is 21.8. The van der Waals surface area contributed by atoms with E-state index in [2.05, 4.69) is 16.0 Å². The van der Waals surface area contributed by atoms with Gasteiger partial charge in [-0.05, 0) is 62.1 Å². The first-order valence-electron chi connectivity index (χ1n) is 11.4. The first-order valence-corrected chi connectivity index (χ1v) is 11.4. The van der Waals surface area contributed by atoms with Gasteiger partial charge in [0.25, 0.3) is 5.91 Å². The smallest absolute Gasteiger partial charge is 0.254 e. The Balaban J connectivity index is 1.53. The van der Waals surface area contributed by atoms with E-state index in [1.807, 2.05) is 47.6 Å². The summed E-state index contributed by atoms with van der Waals surface area (Å²) in [5.74, 6) is 0.841. The number of piperidine rings is 1. The van der Waals surface area contributed by atoms with Crippen LogP contribution in [0.25, 0.3) is 0 Å². The zero-order valence-corrected chi connectivity index (χ0v) is 18.4. The van der Waals surface area contributed by atoms with Crippen LogP contribution in [0.15, 0.2) is 48.8 Å². The topological polar surface area (TPSA) is 54.9 Å². The van der Waals surface area contributed by atoms with Crippen LogP contribution in [0.1, 0.15) is 48.0 Å². The van der Waals surface area contributed by atoms with Gasteiger partial charge in [0.2, 0.25) is 0 Å². The molecule has 31 heavy (non-hydrogen) atoms. The van der Waals surface area contributed by atoms with E-state index in [4.69, 9.17) is 9.47 Å². The highest BCUT2D eigenvalue weighted by Gasteiger charge is 2.34. The summed E-state index contributed by atoms with van der Waals surface area (Å²) in [4.78, 5) is 22.1. The van der Waals surface area contributed by atoms with Crippen LogP contribution in [0.3, 0.4) is 0 Å². The summed E-state index contributed by atoms with van der Waals surface area (Å²) < 4.78 is 11.8. The lowest BCUT2D eigenvalue weighted by atomic mass is 9.93. The molecule has 3 heterocycles. The van der Waals surface area contributed by atoms with Crippen molar-refractivity contribution >= 4 is 5.91 Å². The van der Waals surface area contributed by atoms with E-state index in [0.29, 0.717) is 12.2 Å². The molecule has 2 aromatic rings. The minimum absolute atomic E-state index is 0.0902. The van der Waals surface area contributed by atoms with E-state index in [-0.39, 0.29) is 18.1 Å². The van der Waals surface area contributed by atoms with Gasteiger partial charge in [0, 0.05) is 44.7 Å². The van der Waals surface area contributed by atoms with E-state index in [1.54, 1.807) is 7.11 Å². The van der Waals surface area contributed by atoms with E-state index in [1.165, 1.54) is 5.56 Å². The Morgan fingerprint density at radius 3 is 2.87 bits per heavy atom. The maximum atomic E-state index is 13.3. The number of methoxy groups -OCH3 is 1. The Morgan fingerprint density at radius 2 is 2.03 bits per heavy atom. The van der Waals surface area contributed by atoms with Gasteiger partial charge in [-0.2, -0.15) is 0 Å². The van der Waals surface area contributed by atoms with Crippen LogP contribution in [-0.2, 0) is 11.3 Å². The average molecular weight is 424 g/mol. The SMILES string of the molecule is CO[C@H]1CCCN2C(=O)c3cccc(c3)OCCN(Cc3cccnc3)CCCC[C@@H]12.